The van der Waals surface area contributed by atoms with Crippen LogP contribution in [-0.4, -0.2) is 29.8 Å². The molecule has 4 heteroatoms. The summed E-state index contributed by atoms with van der Waals surface area (Å²) >= 11 is 0. The molecule has 2 rings (SSSR count). The van der Waals surface area contributed by atoms with Gasteiger partial charge in [0.2, 0.25) is 5.91 Å². The maximum atomic E-state index is 12.0. The Bertz CT molecular complexity index is 521. The van der Waals surface area contributed by atoms with Crippen LogP contribution >= 0.6 is 0 Å². The predicted octanol–water partition coefficient (Wildman–Crippen LogP) is 2.76. The van der Waals surface area contributed by atoms with Crippen LogP contribution in [-0.2, 0) is 4.79 Å². The second-order valence-electron chi connectivity index (χ2n) is 6.04. The maximum absolute atomic E-state index is 12.0. The fourth-order valence-corrected chi connectivity index (χ4v) is 2.43. The number of carbonyl (C=O) groups excluding carboxylic acids is 1. The molecule has 0 spiro atoms. The van der Waals surface area contributed by atoms with Crippen LogP contribution in [0.25, 0.3) is 6.08 Å². The zero-order valence-electron chi connectivity index (χ0n) is 13.3. The Kier molecular flexibility index (Phi) is 6.01. The van der Waals surface area contributed by atoms with Crippen LogP contribution in [0, 0.1) is 5.92 Å². The van der Waals surface area contributed by atoms with Crippen LogP contribution in [0.5, 0.6) is 5.75 Å². The molecule has 0 heterocycles. The number of aliphatic hydroxyl groups is 1. The molecule has 1 unspecified atom stereocenters. The van der Waals surface area contributed by atoms with E-state index in [4.69, 9.17) is 9.84 Å². The van der Waals surface area contributed by atoms with Gasteiger partial charge in [-0.15, -0.1) is 0 Å². The number of amides is 1. The summed E-state index contributed by atoms with van der Waals surface area (Å²) in [5.41, 5.74) is 0.929. The molecule has 22 heavy (non-hydrogen) atoms. The molecule has 2 N–H and O–H groups in total. The van der Waals surface area contributed by atoms with E-state index in [9.17, 15) is 4.79 Å². The Balaban J connectivity index is 1.91. The first kappa shape index (κ1) is 16.6. The molecule has 0 aliphatic heterocycles. The summed E-state index contributed by atoms with van der Waals surface area (Å²) in [4.78, 5) is 12.0. The number of carbonyl (C=O) groups is 1. The lowest BCUT2D eigenvalue weighted by atomic mass is 10.1. The van der Waals surface area contributed by atoms with Crippen LogP contribution in [0.4, 0.5) is 0 Å². The van der Waals surface area contributed by atoms with E-state index in [0.29, 0.717) is 12.3 Å². The van der Waals surface area contributed by atoms with Crippen molar-refractivity contribution in [3.8, 4) is 5.75 Å². The molecular formula is C18H25NO3. The molecule has 1 atom stereocenters. The minimum absolute atomic E-state index is 0.0951. The lowest BCUT2D eigenvalue weighted by molar-refractivity contribution is -0.117. The summed E-state index contributed by atoms with van der Waals surface area (Å²) in [6, 6.07) is 7.76. The lowest BCUT2D eigenvalue weighted by Gasteiger charge is -2.15. The number of hydrogen-bond acceptors (Lipinski definition) is 3. The Morgan fingerprint density at radius 2 is 2.23 bits per heavy atom. The van der Waals surface area contributed by atoms with Gasteiger partial charge < -0.3 is 15.2 Å². The molecule has 0 bridgehead atoms. The highest BCUT2D eigenvalue weighted by Gasteiger charge is 2.31. The molecule has 0 aromatic heterocycles. The molecule has 1 amide bonds. The third-order valence-corrected chi connectivity index (χ3v) is 3.62. The summed E-state index contributed by atoms with van der Waals surface area (Å²) in [7, 11) is 0. The van der Waals surface area contributed by atoms with Crippen molar-refractivity contribution < 1.29 is 14.6 Å². The van der Waals surface area contributed by atoms with E-state index in [0.717, 1.165) is 24.2 Å². The maximum Gasteiger partial charge on any atom is 0.244 e. The first-order valence-electron chi connectivity index (χ1n) is 7.94. The van der Waals surface area contributed by atoms with Crippen molar-refractivity contribution in [2.75, 3.05) is 6.61 Å². The van der Waals surface area contributed by atoms with Crippen molar-refractivity contribution in [1.29, 1.82) is 0 Å². The largest absolute Gasteiger partial charge is 0.491 e. The average molecular weight is 303 g/mol. The minimum Gasteiger partial charge on any atom is -0.491 e. The summed E-state index contributed by atoms with van der Waals surface area (Å²) in [5.74, 6) is 1.22. The smallest absolute Gasteiger partial charge is 0.244 e. The highest BCUT2D eigenvalue weighted by atomic mass is 16.5. The molecule has 1 aromatic carbocycles. The van der Waals surface area contributed by atoms with Crippen LogP contribution in [0.1, 0.15) is 38.7 Å². The number of nitrogens with one attached hydrogen (secondary N) is 1. The lowest BCUT2D eigenvalue weighted by Crippen LogP contribution is -2.36. The predicted molar refractivity (Wildman–Crippen MR) is 87.6 cm³/mol. The van der Waals surface area contributed by atoms with E-state index in [1.165, 1.54) is 0 Å². The summed E-state index contributed by atoms with van der Waals surface area (Å²) < 4.78 is 5.64. The van der Waals surface area contributed by atoms with Gasteiger partial charge in [0.1, 0.15) is 5.75 Å². The SMILES string of the molecule is CC(C)Oc1cccc(/C=C/C(=O)NC(CCO)C2CC2)c1. The van der Waals surface area contributed by atoms with E-state index in [1.54, 1.807) is 12.2 Å². The quantitative estimate of drug-likeness (QED) is 0.726. The Hall–Kier alpha value is -1.81. The number of ether oxygens (including phenoxy) is 1. The molecule has 1 aromatic rings. The normalized spacial score (nSPS) is 16.0. The van der Waals surface area contributed by atoms with Crippen molar-refractivity contribution in [3.63, 3.8) is 0 Å². The van der Waals surface area contributed by atoms with Gasteiger partial charge in [0, 0.05) is 18.7 Å². The zero-order chi connectivity index (χ0) is 15.9. The van der Waals surface area contributed by atoms with Crippen LogP contribution in [0.3, 0.4) is 0 Å². The van der Waals surface area contributed by atoms with Gasteiger partial charge >= 0.3 is 0 Å². The third kappa shape index (κ3) is 5.53. The van der Waals surface area contributed by atoms with Crippen LogP contribution in [0.2, 0.25) is 0 Å². The molecular weight excluding hydrogens is 278 g/mol. The van der Waals surface area contributed by atoms with Gasteiger partial charge in [0.05, 0.1) is 6.10 Å². The van der Waals surface area contributed by atoms with Crippen molar-refractivity contribution in [1.82, 2.24) is 5.32 Å². The van der Waals surface area contributed by atoms with Gasteiger partial charge in [0.25, 0.3) is 0 Å². The number of aliphatic hydroxyl groups excluding tert-OH is 1. The summed E-state index contributed by atoms with van der Waals surface area (Å²) in [6.07, 6.45) is 6.36. The van der Waals surface area contributed by atoms with Crippen molar-refractivity contribution in [2.45, 2.75) is 45.3 Å². The van der Waals surface area contributed by atoms with E-state index < -0.39 is 0 Å². The minimum atomic E-state index is -0.111. The Morgan fingerprint density at radius 3 is 2.86 bits per heavy atom. The summed E-state index contributed by atoms with van der Waals surface area (Å²) in [5, 5.41) is 12.0. The topological polar surface area (TPSA) is 58.6 Å². The Labute approximate surface area is 132 Å². The highest BCUT2D eigenvalue weighted by molar-refractivity contribution is 5.92. The van der Waals surface area contributed by atoms with E-state index in [2.05, 4.69) is 5.32 Å². The van der Waals surface area contributed by atoms with Crippen LogP contribution < -0.4 is 10.1 Å². The molecule has 0 radical (unpaired) electrons. The Morgan fingerprint density at radius 1 is 1.45 bits per heavy atom. The van der Waals surface area contributed by atoms with Gasteiger partial charge in [-0.25, -0.2) is 0 Å². The fourth-order valence-electron chi connectivity index (χ4n) is 2.43. The van der Waals surface area contributed by atoms with E-state index in [1.807, 2.05) is 38.1 Å². The zero-order valence-corrected chi connectivity index (χ0v) is 13.3. The molecule has 1 aliphatic carbocycles. The van der Waals surface area contributed by atoms with E-state index in [-0.39, 0.29) is 24.7 Å². The standard InChI is InChI=1S/C18H25NO3/c1-13(2)22-16-5-3-4-14(12-16)6-9-18(21)19-17(10-11-20)15-7-8-15/h3-6,9,12-13,15,17,20H,7-8,10-11H2,1-2H3,(H,19,21)/b9-6+. The van der Waals surface area contributed by atoms with Crippen LogP contribution in [0.15, 0.2) is 30.3 Å². The van der Waals surface area contributed by atoms with Crippen molar-refractivity contribution in [3.05, 3.63) is 35.9 Å². The molecule has 1 saturated carbocycles. The number of benzene rings is 1. The van der Waals surface area contributed by atoms with Gasteiger partial charge in [-0.2, -0.15) is 0 Å². The molecule has 4 nitrogen and oxygen atoms in total. The monoisotopic (exact) mass is 303 g/mol. The molecule has 120 valence electrons. The first-order chi connectivity index (χ1) is 10.6. The highest BCUT2D eigenvalue weighted by Crippen LogP contribution is 2.33. The van der Waals surface area contributed by atoms with Gasteiger partial charge in [-0.3, -0.25) is 4.79 Å². The second-order valence-corrected chi connectivity index (χ2v) is 6.04. The third-order valence-electron chi connectivity index (χ3n) is 3.62. The van der Waals surface area contributed by atoms with Gasteiger partial charge in [0.15, 0.2) is 0 Å². The molecule has 1 fully saturated rings. The van der Waals surface area contributed by atoms with Gasteiger partial charge in [-0.1, -0.05) is 12.1 Å². The molecule has 1 aliphatic rings. The van der Waals surface area contributed by atoms with Crippen molar-refractivity contribution in [2.24, 2.45) is 5.92 Å². The van der Waals surface area contributed by atoms with Crippen molar-refractivity contribution >= 4 is 12.0 Å². The first-order valence-corrected chi connectivity index (χ1v) is 7.94. The molecule has 0 saturated heterocycles. The average Bonchev–Trinajstić information content (AvgIpc) is 3.29. The van der Waals surface area contributed by atoms with Gasteiger partial charge in [-0.05, 0) is 62.8 Å². The fraction of sp³-hybridized carbons (Fsp3) is 0.500. The summed E-state index contributed by atoms with van der Waals surface area (Å²) in [6.45, 7) is 4.07. The second kappa shape index (κ2) is 7.99. The number of rotatable bonds is 8. The number of hydrogen-bond donors (Lipinski definition) is 2. The van der Waals surface area contributed by atoms with E-state index >= 15 is 0 Å².